The zero-order valence-corrected chi connectivity index (χ0v) is 12.2. The first-order valence-corrected chi connectivity index (χ1v) is 7.39. The standard InChI is InChI=1S/C15H31NO/c1-13(2)6-5-11-17-12-16-9-7-15(8-10-16)14(3)4/h13-15H,5-12H2,1-4H3. The average molecular weight is 241 g/mol. The lowest BCUT2D eigenvalue weighted by atomic mass is 9.87. The molecule has 0 aromatic rings. The van der Waals surface area contributed by atoms with E-state index >= 15 is 0 Å². The first-order valence-electron chi connectivity index (χ1n) is 7.39. The fraction of sp³-hybridized carbons (Fsp3) is 1.00. The van der Waals surface area contributed by atoms with E-state index in [2.05, 4.69) is 32.6 Å². The van der Waals surface area contributed by atoms with Gasteiger partial charge in [0, 0.05) is 19.7 Å². The van der Waals surface area contributed by atoms with Crippen molar-refractivity contribution in [2.24, 2.45) is 17.8 Å². The predicted molar refractivity (Wildman–Crippen MR) is 74.0 cm³/mol. The Hall–Kier alpha value is -0.0800. The molecule has 2 nitrogen and oxygen atoms in total. The summed E-state index contributed by atoms with van der Waals surface area (Å²) in [5, 5.41) is 0. The SMILES string of the molecule is CC(C)CCCOCN1CCC(C(C)C)CC1. The van der Waals surface area contributed by atoms with Gasteiger partial charge in [-0.25, -0.2) is 0 Å². The minimum Gasteiger partial charge on any atom is -0.366 e. The molecule has 1 rings (SSSR count). The number of piperidine rings is 1. The van der Waals surface area contributed by atoms with Crippen molar-refractivity contribution in [3.63, 3.8) is 0 Å². The molecule has 0 bridgehead atoms. The van der Waals surface area contributed by atoms with Gasteiger partial charge in [0.2, 0.25) is 0 Å². The summed E-state index contributed by atoms with van der Waals surface area (Å²) in [6.07, 6.45) is 5.20. The zero-order valence-electron chi connectivity index (χ0n) is 12.2. The Bertz CT molecular complexity index is 183. The molecule has 1 fully saturated rings. The molecule has 1 aliphatic heterocycles. The Morgan fingerprint density at radius 2 is 1.76 bits per heavy atom. The van der Waals surface area contributed by atoms with Crippen LogP contribution in [0.5, 0.6) is 0 Å². The van der Waals surface area contributed by atoms with Gasteiger partial charge in [0.15, 0.2) is 0 Å². The molecular formula is C15H31NO. The van der Waals surface area contributed by atoms with E-state index in [4.69, 9.17) is 4.74 Å². The molecule has 0 spiro atoms. The first kappa shape index (κ1) is 15.0. The van der Waals surface area contributed by atoms with Crippen molar-refractivity contribution in [1.82, 2.24) is 4.90 Å². The van der Waals surface area contributed by atoms with Crippen LogP contribution in [0.1, 0.15) is 53.4 Å². The van der Waals surface area contributed by atoms with Crippen molar-refractivity contribution < 1.29 is 4.74 Å². The summed E-state index contributed by atoms with van der Waals surface area (Å²) in [7, 11) is 0. The Morgan fingerprint density at radius 3 is 2.29 bits per heavy atom. The second-order valence-electron chi connectivity index (χ2n) is 6.27. The van der Waals surface area contributed by atoms with Crippen LogP contribution in [0.2, 0.25) is 0 Å². The van der Waals surface area contributed by atoms with Crippen molar-refractivity contribution >= 4 is 0 Å². The van der Waals surface area contributed by atoms with Crippen LogP contribution < -0.4 is 0 Å². The van der Waals surface area contributed by atoms with E-state index in [9.17, 15) is 0 Å². The lowest BCUT2D eigenvalue weighted by molar-refractivity contribution is 0.00482. The molecular weight excluding hydrogens is 210 g/mol. The molecule has 1 heterocycles. The number of nitrogens with zero attached hydrogens (tertiary/aromatic N) is 1. The molecule has 2 heteroatoms. The quantitative estimate of drug-likeness (QED) is 0.629. The van der Waals surface area contributed by atoms with Gasteiger partial charge in [-0.05, 0) is 43.4 Å². The number of hydrogen-bond acceptors (Lipinski definition) is 2. The van der Waals surface area contributed by atoms with Gasteiger partial charge in [0.1, 0.15) is 0 Å². The van der Waals surface area contributed by atoms with E-state index in [0.29, 0.717) is 0 Å². The van der Waals surface area contributed by atoms with E-state index in [1.54, 1.807) is 0 Å². The number of likely N-dealkylation sites (tertiary alicyclic amines) is 1. The molecule has 102 valence electrons. The van der Waals surface area contributed by atoms with Crippen LogP contribution in [-0.2, 0) is 4.74 Å². The van der Waals surface area contributed by atoms with Gasteiger partial charge in [0.25, 0.3) is 0 Å². The molecule has 0 atom stereocenters. The van der Waals surface area contributed by atoms with Gasteiger partial charge < -0.3 is 4.74 Å². The van der Waals surface area contributed by atoms with Crippen molar-refractivity contribution in [1.29, 1.82) is 0 Å². The molecule has 0 amide bonds. The highest BCUT2D eigenvalue weighted by molar-refractivity contribution is 4.72. The van der Waals surface area contributed by atoms with Crippen molar-refractivity contribution in [3.8, 4) is 0 Å². The van der Waals surface area contributed by atoms with Gasteiger partial charge in [-0.2, -0.15) is 0 Å². The molecule has 0 saturated carbocycles. The molecule has 0 aliphatic carbocycles. The summed E-state index contributed by atoms with van der Waals surface area (Å²) >= 11 is 0. The maximum Gasteiger partial charge on any atom is 0.0990 e. The van der Waals surface area contributed by atoms with E-state index in [1.165, 1.54) is 38.8 Å². The van der Waals surface area contributed by atoms with Gasteiger partial charge in [-0.15, -0.1) is 0 Å². The van der Waals surface area contributed by atoms with Gasteiger partial charge >= 0.3 is 0 Å². The molecule has 0 aromatic heterocycles. The molecule has 0 unspecified atom stereocenters. The van der Waals surface area contributed by atoms with E-state index in [1.807, 2.05) is 0 Å². The summed E-state index contributed by atoms with van der Waals surface area (Å²) in [6.45, 7) is 13.5. The molecule has 0 aromatic carbocycles. The Labute approximate surface area is 108 Å². The Morgan fingerprint density at radius 1 is 1.12 bits per heavy atom. The fourth-order valence-electron chi connectivity index (χ4n) is 2.54. The topological polar surface area (TPSA) is 12.5 Å². The van der Waals surface area contributed by atoms with Crippen LogP contribution in [0.4, 0.5) is 0 Å². The average Bonchev–Trinajstić information content (AvgIpc) is 2.29. The summed E-state index contributed by atoms with van der Waals surface area (Å²) in [5.74, 6) is 2.59. The highest BCUT2D eigenvalue weighted by Gasteiger charge is 2.21. The van der Waals surface area contributed by atoms with E-state index in [-0.39, 0.29) is 0 Å². The second kappa shape index (κ2) is 8.10. The van der Waals surface area contributed by atoms with Crippen LogP contribution in [0.15, 0.2) is 0 Å². The molecule has 1 aliphatic rings. The largest absolute Gasteiger partial charge is 0.366 e. The highest BCUT2D eigenvalue weighted by atomic mass is 16.5. The zero-order chi connectivity index (χ0) is 12.7. The fourth-order valence-corrected chi connectivity index (χ4v) is 2.54. The third kappa shape index (κ3) is 6.42. The third-order valence-corrected chi connectivity index (χ3v) is 3.92. The lowest BCUT2D eigenvalue weighted by Gasteiger charge is -2.33. The van der Waals surface area contributed by atoms with Crippen LogP contribution in [0.3, 0.4) is 0 Å². The number of hydrogen-bond donors (Lipinski definition) is 0. The Balaban J connectivity index is 1.99. The number of rotatable bonds is 7. The first-order chi connectivity index (χ1) is 8.09. The van der Waals surface area contributed by atoms with Crippen LogP contribution in [0.25, 0.3) is 0 Å². The second-order valence-corrected chi connectivity index (χ2v) is 6.27. The third-order valence-electron chi connectivity index (χ3n) is 3.92. The predicted octanol–water partition coefficient (Wildman–Crippen LogP) is 3.76. The monoisotopic (exact) mass is 241 g/mol. The smallest absolute Gasteiger partial charge is 0.0990 e. The van der Waals surface area contributed by atoms with Crippen LogP contribution >= 0.6 is 0 Å². The minimum absolute atomic E-state index is 0.806. The van der Waals surface area contributed by atoms with Crippen molar-refractivity contribution in [2.45, 2.75) is 53.4 Å². The molecule has 0 radical (unpaired) electrons. The Kier molecular flexibility index (Phi) is 7.14. The summed E-state index contributed by atoms with van der Waals surface area (Å²) in [6, 6.07) is 0. The lowest BCUT2D eigenvalue weighted by Crippen LogP contribution is -2.36. The highest BCUT2D eigenvalue weighted by Crippen LogP contribution is 2.24. The normalized spacial score (nSPS) is 19.4. The van der Waals surface area contributed by atoms with Crippen LogP contribution in [0, 0.1) is 17.8 Å². The molecule has 17 heavy (non-hydrogen) atoms. The van der Waals surface area contributed by atoms with Gasteiger partial charge in [-0.3, -0.25) is 4.90 Å². The van der Waals surface area contributed by atoms with Gasteiger partial charge in [0.05, 0.1) is 6.73 Å². The van der Waals surface area contributed by atoms with Crippen molar-refractivity contribution in [3.05, 3.63) is 0 Å². The van der Waals surface area contributed by atoms with Crippen molar-refractivity contribution in [2.75, 3.05) is 26.4 Å². The summed E-state index contributed by atoms with van der Waals surface area (Å²) in [5.41, 5.74) is 0. The van der Waals surface area contributed by atoms with Gasteiger partial charge in [-0.1, -0.05) is 27.7 Å². The van der Waals surface area contributed by atoms with Crippen LogP contribution in [-0.4, -0.2) is 31.3 Å². The molecule has 1 saturated heterocycles. The minimum atomic E-state index is 0.806. The van der Waals surface area contributed by atoms with E-state index < -0.39 is 0 Å². The maximum absolute atomic E-state index is 5.75. The number of ether oxygens (including phenoxy) is 1. The van der Waals surface area contributed by atoms with E-state index in [0.717, 1.165) is 31.1 Å². The molecule has 0 N–H and O–H groups in total. The summed E-state index contributed by atoms with van der Waals surface area (Å²) < 4.78 is 5.75. The summed E-state index contributed by atoms with van der Waals surface area (Å²) in [4.78, 5) is 2.47. The maximum atomic E-state index is 5.75.